The van der Waals surface area contributed by atoms with Crippen LogP contribution in [0.25, 0.3) is 0 Å². The maximum Gasteiger partial charge on any atom is 0.306 e. The summed E-state index contributed by atoms with van der Waals surface area (Å²) < 4.78 is 17.7. The maximum absolute atomic E-state index is 13.2. The van der Waals surface area contributed by atoms with Gasteiger partial charge in [0.05, 0.1) is 18.8 Å². The smallest absolute Gasteiger partial charge is 0.306 e. The summed E-state index contributed by atoms with van der Waals surface area (Å²) >= 11 is 0. The van der Waals surface area contributed by atoms with Crippen molar-refractivity contribution in [1.29, 1.82) is 0 Å². The monoisotopic (exact) mass is 569 g/mol. The van der Waals surface area contributed by atoms with Crippen molar-refractivity contribution < 1.29 is 28.3 Å². The summed E-state index contributed by atoms with van der Waals surface area (Å²) in [6.07, 6.45) is 1.82. The molecule has 40 heavy (non-hydrogen) atoms. The Morgan fingerprint density at radius 1 is 1.07 bits per heavy atom. The molecule has 2 heterocycles. The fraction of sp³-hybridized carbons (Fsp3) is 0.533. The van der Waals surface area contributed by atoms with Gasteiger partial charge in [-0.25, -0.2) is 0 Å². The molecule has 9 nitrogen and oxygen atoms in total. The molecular formula is C30H43N3O6Si. The molecular weight excluding hydrogens is 526 g/mol. The van der Waals surface area contributed by atoms with Crippen molar-refractivity contribution in [3.63, 3.8) is 0 Å². The molecule has 1 aliphatic rings. The first-order valence-corrected chi connectivity index (χ1v) is 16.5. The lowest BCUT2D eigenvalue weighted by Gasteiger charge is -2.36. The number of nitrogens with zero attached hydrogens (tertiary/aromatic N) is 2. The lowest BCUT2D eigenvalue weighted by atomic mass is 10.1. The summed E-state index contributed by atoms with van der Waals surface area (Å²) in [5.41, 5.74) is 7.89. The van der Waals surface area contributed by atoms with E-state index in [1.807, 2.05) is 12.1 Å². The van der Waals surface area contributed by atoms with E-state index in [0.717, 1.165) is 11.3 Å². The van der Waals surface area contributed by atoms with Crippen LogP contribution in [0.3, 0.4) is 0 Å². The number of esters is 1. The van der Waals surface area contributed by atoms with Gasteiger partial charge in [0.25, 0.3) is 5.91 Å². The number of ether oxygens (including phenoxy) is 2. The Labute approximate surface area is 238 Å². The van der Waals surface area contributed by atoms with E-state index < -0.39 is 31.8 Å². The SMILES string of the molecule is CC(C)(C)OC(=O)CC[C@@H](C(N)=O)N1Cc2c(OCc3ccc(CO[Si](C)(C)C(C)(C)C)nc3)cccc2C1=O. The molecule has 0 saturated heterocycles. The van der Waals surface area contributed by atoms with E-state index in [-0.39, 0.29) is 36.9 Å². The average molecular weight is 570 g/mol. The maximum atomic E-state index is 13.2. The third-order valence-electron chi connectivity index (χ3n) is 7.37. The Morgan fingerprint density at radius 3 is 2.35 bits per heavy atom. The van der Waals surface area contributed by atoms with Crippen LogP contribution < -0.4 is 10.5 Å². The molecule has 2 aromatic rings. The molecule has 0 fully saturated rings. The molecule has 1 aromatic heterocycles. The zero-order valence-corrected chi connectivity index (χ0v) is 26.0. The number of fused-ring (bicyclic) bond motifs is 1. The van der Waals surface area contributed by atoms with Crippen LogP contribution in [0.1, 0.15) is 81.6 Å². The largest absolute Gasteiger partial charge is 0.488 e. The fourth-order valence-corrected chi connectivity index (χ4v) is 5.01. The summed E-state index contributed by atoms with van der Waals surface area (Å²) in [5.74, 6) is -0.885. The Hall–Kier alpha value is -3.24. The Balaban J connectivity index is 1.64. The Bertz CT molecular complexity index is 1230. The van der Waals surface area contributed by atoms with Gasteiger partial charge in [-0.2, -0.15) is 0 Å². The molecule has 218 valence electrons. The van der Waals surface area contributed by atoms with Gasteiger partial charge in [0, 0.05) is 29.3 Å². The van der Waals surface area contributed by atoms with E-state index in [4.69, 9.17) is 19.6 Å². The average Bonchev–Trinajstić information content (AvgIpc) is 3.17. The molecule has 2 amide bonds. The summed E-state index contributed by atoms with van der Waals surface area (Å²) in [7, 11) is -1.87. The lowest BCUT2D eigenvalue weighted by molar-refractivity contribution is -0.155. The van der Waals surface area contributed by atoms with Crippen molar-refractivity contribution in [2.24, 2.45) is 5.73 Å². The van der Waals surface area contributed by atoms with Crippen molar-refractivity contribution in [2.45, 2.75) is 104 Å². The minimum absolute atomic E-state index is 0.0295. The number of rotatable bonds is 11. The van der Waals surface area contributed by atoms with Gasteiger partial charge in [-0.1, -0.05) is 32.9 Å². The first-order valence-electron chi connectivity index (χ1n) is 13.6. The molecule has 10 heteroatoms. The number of hydrogen-bond acceptors (Lipinski definition) is 7. The standard InChI is InChI=1S/C30H43N3O6Si/c1-29(2,3)39-26(34)15-14-24(27(31)35)33-17-23-22(28(33)36)10-9-11-25(23)37-18-20-12-13-21(32-16-20)19-38-40(7,8)30(4,5)6/h9-13,16,24H,14-15,17-19H2,1-8H3,(H2,31,35)/t24-/m0/s1. The van der Waals surface area contributed by atoms with Gasteiger partial charge in [-0.3, -0.25) is 19.4 Å². The molecule has 1 aliphatic heterocycles. The summed E-state index contributed by atoms with van der Waals surface area (Å²) in [6, 6.07) is 8.20. The normalized spacial score (nSPS) is 14.6. The third kappa shape index (κ3) is 7.91. The van der Waals surface area contributed by atoms with E-state index in [1.165, 1.54) is 4.90 Å². The number of nitrogens with two attached hydrogens (primary N) is 1. The predicted molar refractivity (Wildman–Crippen MR) is 155 cm³/mol. The highest BCUT2D eigenvalue weighted by molar-refractivity contribution is 6.74. The van der Waals surface area contributed by atoms with Crippen molar-refractivity contribution in [2.75, 3.05) is 0 Å². The van der Waals surface area contributed by atoms with Gasteiger partial charge in [0.2, 0.25) is 5.91 Å². The van der Waals surface area contributed by atoms with Crippen LogP contribution in [0.2, 0.25) is 18.1 Å². The third-order valence-corrected chi connectivity index (χ3v) is 11.8. The molecule has 3 rings (SSSR count). The van der Waals surface area contributed by atoms with E-state index in [2.05, 4.69) is 38.8 Å². The topological polar surface area (TPSA) is 121 Å². The van der Waals surface area contributed by atoms with Gasteiger partial charge < -0.3 is 24.5 Å². The minimum atomic E-state index is -1.87. The lowest BCUT2D eigenvalue weighted by Crippen LogP contribution is -2.45. The molecule has 0 aliphatic carbocycles. The predicted octanol–water partition coefficient (Wildman–Crippen LogP) is 5.11. The van der Waals surface area contributed by atoms with Gasteiger partial charge in [-0.15, -0.1) is 0 Å². The van der Waals surface area contributed by atoms with E-state index in [0.29, 0.717) is 23.5 Å². The van der Waals surface area contributed by atoms with E-state index >= 15 is 0 Å². The van der Waals surface area contributed by atoms with Crippen molar-refractivity contribution in [3.8, 4) is 5.75 Å². The van der Waals surface area contributed by atoms with Crippen LogP contribution in [-0.2, 0) is 38.5 Å². The second-order valence-corrected chi connectivity index (χ2v) is 17.6. The first-order chi connectivity index (χ1) is 18.5. The molecule has 0 unspecified atom stereocenters. The first kappa shape index (κ1) is 31.3. The van der Waals surface area contributed by atoms with E-state index in [9.17, 15) is 14.4 Å². The second-order valence-electron chi connectivity index (χ2n) is 12.8. The molecule has 2 N–H and O–H groups in total. The molecule has 1 aromatic carbocycles. The minimum Gasteiger partial charge on any atom is -0.488 e. The highest BCUT2D eigenvalue weighted by Crippen LogP contribution is 2.37. The number of amides is 2. The van der Waals surface area contributed by atoms with Gasteiger partial charge in [-0.05, 0) is 63.5 Å². The van der Waals surface area contributed by atoms with Crippen molar-refractivity contribution in [1.82, 2.24) is 9.88 Å². The van der Waals surface area contributed by atoms with Crippen LogP contribution in [0, 0.1) is 0 Å². The summed E-state index contributed by atoms with van der Waals surface area (Å²) in [6.45, 7) is 17.3. The van der Waals surface area contributed by atoms with Crippen molar-refractivity contribution >= 4 is 26.1 Å². The number of pyridine rings is 1. The van der Waals surface area contributed by atoms with Crippen LogP contribution in [0.5, 0.6) is 5.75 Å². The highest BCUT2D eigenvalue weighted by atomic mass is 28.4. The van der Waals surface area contributed by atoms with Gasteiger partial charge >= 0.3 is 5.97 Å². The highest BCUT2D eigenvalue weighted by Gasteiger charge is 2.38. The summed E-state index contributed by atoms with van der Waals surface area (Å²) in [4.78, 5) is 43.6. The Kier molecular flexibility index (Phi) is 9.46. The number of primary amides is 1. The quantitative estimate of drug-likeness (QED) is 0.295. The zero-order valence-electron chi connectivity index (χ0n) is 25.0. The van der Waals surface area contributed by atoms with E-state index in [1.54, 1.807) is 45.2 Å². The van der Waals surface area contributed by atoms with Gasteiger partial charge in [0.1, 0.15) is 24.0 Å². The molecule has 0 radical (unpaired) electrons. The molecule has 0 spiro atoms. The van der Waals surface area contributed by atoms with Crippen LogP contribution in [0.15, 0.2) is 36.5 Å². The fourth-order valence-electron chi connectivity index (χ4n) is 4.07. The van der Waals surface area contributed by atoms with Crippen molar-refractivity contribution in [3.05, 3.63) is 58.9 Å². The Morgan fingerprint density at radius 2 is 1.77 bits per heavy atom. The van der Waals surface area contributed by atoms with Crippen LogP contribution in [0.4, 0.5) is 0 Å². The number of aromatic nitrogens is 1. The molecule has 0 bridgehead atoms. The van der Waals surface area contributed by atoms with Gasteiger partial charge in [0.15, 0.2) is 8.32 Å². The molecule has 1 atom stereocenters. The zero-order chi connectivity index (χ0) is 29.9. The number of carbonyl (C=O) groups is 3. The van der Waals surface area contributed by atoms with Crippen LogP contribution >= 0.6 is 0 Å². The number of hydrogen-bond donors (Lipinski definition) is 1. The number of carbonyl (C=O) groups excluding carboxylic acids is 3. The summed E-state index contributed by atoms with van der Waals surface area (Å²) in [5, 5.41) is 0.128. The number of benzene rings is 1. The van der Waals surface area contributed by atoms with Crippen LogP contribution in [-0.4, -0.2) is 47.6 Å². The molecule has 0 saturated carbocycles. The second kappa shape index (κ2) is 12.1.